The van der Waals surface area contributed by atoms with E-state index >= 15 is 0 Å². The fraction of sp³-hybridized carbons (Fsp3) is 0.0667. The summed E-state index contributed by atoms with van der Waals surface area (Å²) >= 11 is 12.2. The van der Waals surface area contributed by atoms with E-state index in [1.165, 1.54) is 13.2 Å². The molecule has 0 N–H and O–H groups in total. The Morgan fingerprint density at radius 2 is 2.10 bits per heavy atom. The number of carbonyl (C=O) groups excluding carboxylic acids is 1. The van der Waals surface area contributed by atoms with E-state index in [9.17, 15) is 4.79 Å². The predicted molar refractivity (Wildman–Crippen MR) is 80.7 cm³/mol. The maximum Gasteiger partial charge on any atom is 0.330 e. The zero-order valence-corrected chi connectivity index (χ0v) is 12.2. The summed E-state index contributed by atoms with van der Waals surface area (Å²) in [6.45, 7) is 0. The normalized spacial score (nSPS) is 10.8. The molecule has 0 aliphatic heterocycles. The van der Waals surface area contributed by atoms with Crippen molar-refractivity contribution in [3.8, 4) is 11.1 Å². The van der Waals surface area contributed by atoms with Crippen LogP contribution in [-0.2, 0) is 9.53 Å². The third-order valence-electron chi connectivity index (χ3n) is 2.64. The zero-order valence-electron chi connectivity index (χ0n) is 10.6. The van der Waals surface area contributed by atoms with Gasteiger partial charge < -0.3 is 4.74 Å². The Balaban J connectivity index is 2.37. The van der Waals surface area contributed by atoms with Crippen molar-refractivity contribution in [1.29, 1.82) is 0 Å². The number of nitrogens with zero attached hydrogens (tertiary/aromatic N) is 1. The van der Waals surface area contributed by atoms with Crippen molar-refractivity contribution in [2.75, 3.05) is 7.11 Å². The van der Waals surface area contributed by atoms with Gasteiger partial charge in [-0.05, 0) is 23.8 Å². The summed E-state index contributed by atoms with van der Waals surface area (Å²) in [4.78, 5) is 15.2. The zero-order chi connectivity index (χ0) is 14.5. The molecule has 0 saturated carbocycles. The van der Waals surface area contributed by atoms with Gasteiger partial charge in [-0.3, -0.25) is 4.98 Å². The lowest BCUT2D eigenvalue weighted by atomic mass is 10.1. The van der Waals surface area contributed by atoms with Gasteiger partial charge in [0.15, 0.2) is 0 Å². The van der Waals surface area contributed by atoms with Gasteiger partial charge in [0.25, 0.3) is 0 Å². The second-order valence-electron chi connectivity index (χ2n) is 3.96. The maximum atomic E-state index is 11.1. The number of pyridine rings is 1. The Kier molecular flexibility index (Phi) is 4.77. The lowest BCUT2D eigenvalue weighted by Crippen LogP contribution is -1.93. The first-order chi connectivity index (χ1) is 9.61. The fourth-order valence-electron chi connectivity index (χ4n) is 1.66. The predicted octanol–water partition coefficient (Wildman–Crippen LogP) is 4.24. The molecule has 0 spiro atoms. The van der Waals surface area contributed by atoms with Gasteiger partial charge in [0.2, 0.25) is 0 Å². The Hall–Kier alpha value is -1.84. The summed E-state index contributed by atoms with van der Waals surface area (Å²) in [7, 11) is 1.33. The molecular formula is C15H11Cl2NO2. The SMILES string of the molecule is COC(=O)/C=C/c1cncc(-c2cccc(Cl)c2Cl)c1. The molecule has 3 nitrogen and oxygen atoms in total. The van der Waals surface area contributed by atoms with Crippen molar-refractivity contribution in [2.24, 2.45) is 0 Å². The molecule has 0 fully saturated rings. The molecule has 1 aromatic carbocycles. The lowest BCUT2D eigenvalue weighted by molar-refractivity contribution is -0.134. The smallest absolute Gasteiger partial charge is 0.330 e. The van der Waals surface area contributed by atoms with E-state index in [0.29, 0.717) is 10.0 Å². The second-order valence-corrected chi connectivity index (χ2v) is 4.75. The molecule has 20 heavy (non-hydrogen) atoms. The Bertz CT molecular complexity index is 669. The third-order valence-corrected chi connectivity index (χ3v) is 3.45. The summed E-state index contributed by atoms with van der Waals surface area (Å²) in [5, 5.41) is 0.963. The summed E-state index contributed by atoms with van der Waals surface area (Å²) in [6.07, 6.45) is 6.29. The molecule has 0 aliphatic rings. The second kappa shape index (κ2) is 6.55. The van der Waals surface area contributed by atoms with E-state index in [1.807, 2.05) is 18.2 Å². The first-order valence-electron chi connectivity index (χ1n) is 5.77. The van der Waals surface area contributed by atoms with Crippen molar-refractivity contribution in [2.45, 2.75) is 0 Å². The van der Waals surface area contributed by atoms with Gasteiger partial charge in [0.1, 0.15) is 0 Å². The van der Waals surface area contributed by atoms with Crippen molar-refractivity contribution < 1.29 is 9.53 Å². The Morgan fingerprint density at radius 3 is 2.85 bits per heavy atom. The lowest BCUT2D eigenvalue weighted by Gasteiger charge is -2.06. The van der Waals surface area contributed by atoms with Gasteiger partial charge in [0.05, 0.1) is 17.2 Å². The molecule has 0 amide bonds. The first-order valence-corrected chi connectivity index (χ1v) is 6.53. The van der Waals surface area contributed by atoms with E-state index in [-0.39, 0.29) is 0 Å². The molecule has 0 unspecified atom stereocenters. The van der Waals surface area contributed by atoms with Crippen LogP contribution in [0.25, 0.3) is 17.2 Å². The maximum absolute atomic E-state index is 11.1. The van der Waals surface area contributed by atoms with E-state index in [2.05, 4.69) is 9.72 Å². The number of hydrogen-bond acceptors (Lipinski definition) is 3. The quantitative estimate of drug-likeness (QED) is 0.629. The average Bonchev–Trinajstić information content (AvgIpc) is 2.48. The van der Waals surface area contributed by atoms with Crippen LogP contribution in [0.1, 0.15) is 5.56 Å². The van der Waals surface area contributed by atoms with Crippen LogP contribution in [0.3, 0.4) is 0 Å². The molecule has 2 aromatic rings. The van der Waals surface area contributed by atoms with Crippen molar-refractivity contribution in [3.63, 3.8) is 0 Å². The highest BCUT2D eigenvalue weighted by atomic mass is 35.5. The highest BCUT2D eigenvalue weighted by Crippen LogP contribution is 2.33. The molecule has 0 saturated heterocycles. The summed E-state index contributed by atoms with van der Waals surface area (Å²) in [5.41, 5.74) is 2.38. The van der Waals surface area contributed by atoms with Gasteiger partial charge >= 0.3 is 5.97 Å². The van der Waals surface area contributed by atoms with Crippen LogP contribution < -0.4 is 0 Å². The minimum absolute atomic E-state index is 0.420. The number of aromatic nitrogens is 1. The molecule has 1 heterocycles. The van der Waals surface area contributed by atoms with E-state index in [4.69, 9.17) is 23.2 Å². The molecule has 102 valence electrons. The van der Waals surface area contributed by atoms with Crippen molar-refractivity contribution >= 4 is 35.2 Å². The molecular weight excluding hydrogens is 297 g/mol. The molecule has 0 aliphatic carbocycles. The third kappa shape index (κ3) is 3.38. The monoisotopic (exact) mass is 307 g/mol. The van der Waals surface area contributed by atoms with Crippen LogP contribution in [0, 0.1) is 0 Å². The summed E-state index contributed by atoms with van der Waals surface area (Å²) < 4.78 is 4.54. The molecule has 1 aromatic heterocycles. The largest absolute Gasteiger partial charge is 0.466 e. The van der Waals surface area contributed by atoms with Crippen LogP contribution in [0.4, 0.5) is 0 Å². The summed E-state index contributed by atoms with van der Waals surface area (Å²) in [6, 6.07) is 7.27. The van der Waals surface area contributed by atoms with Gasteiger partial charge in [-0.1, -0.05) is 35.3 Å². The topological polar surface area (TPSA) is 39.2 Å². The van der Waals surface area contributed by atoms with E-state index in [1.54, 1.807) is 24.5 Å². The van der Waals surface area contributed by atoms with Crippen LogP contribution >= 0.6 is 23.2 Å². The standard InChI is InChI=1S/C15H11Cl2NO2/c1-20-14(19)6-5-10-7-11(9-18-8-10)12-3-2-4-13(16)15(12)17/h2-9H,1H3/b6-5+. The number of methoxy groups -OCH3 is 1. The van der Waals surface area contributed by atoms with Crippen LogP contribution in [0.2, 0.25) is 10.0 Å². The van der Waals surface area contributed by atoms with E-state index < -0.39 is 5.97 Å². The highest BCUT2D eigenvalue weighted by molar-refractivity contribution is 6.43. The van der Waals surface area contributed by atoms with Gasteiger partial charge in [-0.15, -0.1) is 0 Å². The van der Waals surface area contributed by atoms with Gasteiger partial charge in [-0.25, -0.2) is 4.79 Å². The molecule has 5 heteroatoms. The molecule has 0 radical (unpaired) electrons. The Morgan fingerprint density at radius 1 is 1.30 bits per heavy atom. The number of ether oxygens (including phenoxy) is 1. The minimum atomic E-state index is -0.420. The van der Waals surface area contributed by atoms with E-state index in [0.717, 1.165) is 16.7 Å². The average molecular weight is 308 g/mol. The fourth-order valence-corrected chi connectivity index (χ4v) is 2.06. The minimum Gasteiger partial charge on any atom is -0.466 e. The molecule has 0 atom stereocenters. The van der Waals surface area contributed by atoms with Crippen LogP contribution in [-0.4, -0.2) is 18.1 Å². The van der Waals surface area contributed by atoms with Gasteiger partial charge in [0, 0.05) is 29.6 Å². The number of rotatable bonds is 3. The summed E-state index contributed by atoms with van der Waals surface area (Å²) in [5.74, 6) is -0.420. The van der Waals surface area contributed by atoms with Crippen LogP contribution in [0.15, 0.2) is 42.7 Å². The highest BCUT2D eigenvalue weighted by Gasteiger charge is 2.07. The number of benzene rings is 1. The number of hydrogen-bond donors (Lipinski definition) is 0. The van der Waals surface area contributed by atoms with Crippen molar-refractivity contribution in [3.05, 3.63) is 58.3 Å². The van der Waals surface area contributed by atoms with Crippen molar-refractivity contribution in [1.82, 2.24) is 4.98 Å². The number of carbonyl (C=O) groups is 1. The molecule has 0 bridgehead atoms. The number of halogens is 2. The number of esters is 1. The first kappa shape index (κ1) is 14.6. The Labute approximate surface area is 126 Å². The van der Waals surface area contributed by atoms with Gasteiger partial charge in [-0.2, -0.15) is 0 Å². The molecule has 2 rings (SSSR count). The van der Waals surface area contributed by atoms with Crippen LogP contribution in [0.5, 0.6) is 0 Å².